The molecule has 0 aromatic carbocycles. The molecular formula is C2H8AlNa+. The SMILES string of the molecule is [CH3][Al-][CH3].[H+].[H+].[Na]. The van der Waals surface area contributed by atoms with E-state index in [0.29, 0.717) is 0 Å². The van der Waals surface area contributed by atoms with E-state index in [2.05, 4.69) is 11.6 Å². The van der Waals surface area contributed by atoms with Crippen LogP contribution in [0, 0.1) is 0 Å². The van der Waals surface area contributed by atoms with Gasteiger partial charge in [-0.05, 0) is 0 Å². The number of hydrogen-bond donors (Lipinski definition) is 0. The van der Waals surface area contributed by atoms with E-state index in [1.54, 1.807) is 0 Å². The molecule has 0 rings (SSSR count). The Morgan fingerprint density at radius 3 is 1.50 bits per heavy atom. The van der Waals surface area contributed by atoms with E-state index in [-0.39, 0.29) is 32.4 Å². The monoisotopic (exact) mass is 82.0 g/mol. The van der Waals surface area contributed by atoms with Crippen LogP contribution in [0.1, 0.15) is 2.85 Å². The van der Waals surface area contributed by atoms with Crippen molar-refractivity contribution in [2.24, 2.45) is 0 Å². The Morgan fingerprint density at radius 2 is 1.50 bits per heavy atom. The van der Waals surface area contributed by atoms with Gasteiger partial charge >= 0.3 is 2.85 Å². The van der Waals surface area contributed by atoms with Gasteiger partial charge in [0.1, 0.15) is 0 Å². The zero-order valence-corrected chi connectivity index (χ0v) is 6.73. The normalized spacial score (nSPS) is 4.50. The second-order valence-electron chi connectivity index (χ2n) is 0.577. The van der Waals surface area contributed by atoms with Gasteiger partial charge < -0.3 is 0 Å². The molecule has 0 spiro atoms. The quantitative estimate of drug-likeness (QED) is 0.376. The predicted octanol–water partition coefficient (Wildman–Crippen LogP) is 0.631. The maximum absolute atomic E-state index is 2.21. The van der Waals surface area contributed by atoms with Crippen LogP contribution < -0.4 is 0 Å². The van der Waals surface area contributed by atoms with Crippen molar-refractivity contribution in [2.75, 3.05) is 0 Å². The van der Waals surface area contributed by atoms with Gasteiger partial charge in [0.25, 0.3) is 0 Å². The molecule has 0 amide bonds. The summed E-state index contributed by atoms with van der Waals surface area (Å²) in [5, 5.41) is 0. The standard InChI is InChI=1S/2CH3.Al.Na/h2*1H3;;/q;;-1;/p+2. The van der Waals surface area contributed by atoms with Crippen LogP contribution >= 0.6 is 0 Å². The summed E-state index contributed by atoms with van der Waals surface area (Å²) in [6, 6.07) is 0. The van der Waals surface area contributed by atoms with Gasteiger partial charge in [0.15, 0.2) is 0 Å². The number of rotatable bonds is 0. The zero-order chi connectivity index (χ0) is 2.71. The summed E-state index contributed by atoms with van der Waals surface area (Å²) in [5.41, 5.74) is 0. The molecule has 2 heteroatoms. The third-order valence-corrected chi connectivity index (χ3v) is 0. The first-order valence-corrected chi connectivity index (χ1v) is 3.46. The summed E-state index contributed by atoms with van der Waals surface area (Å²) in [7, 11) is 0. The van der Waals surface area contributed by atoms with E-state index in [1.807, 2.05) is 0 Å². The van der Waals surface area contributed by atoms with E-state index in [1.165, 1.54) is 0 Å². The van der Waals surface area contributed by atoms with Crippen LogP contribution in [0.2, 0.25) is 11.6 Å². The molecule has 0 atom stereocenters. The van der Waals surface area contributed by atoms with Crippen molar-refractivity contribution in [2.45, 2.75) is 11.6 Å². The molecule has 0 fully saturated rings. The van der Waals surface area contributed by atoms with E-state index < -0.39 is 0 Å². The number of hydrogen-bond acceptors (Lipinski definition) is 0. The second-order valence-corrected chi connectivity index (χ2v) is 1.73. The van der Waals surface area contributed by atoms with Crippen LogP contribution in [0.3, 0.4) is 0 Å². The van der Waals surface area contributed by atoms with Gasteiger partial charge in [0.2, 0.25) is 0 Å². The van der Waals surface area contributed by atoms with Gasteiger partial charge in [-0.3, -0.25) is 26.8 Å². The van der Waals surface area contributed by atoms with Crippen molar-refractivity contribution in [3.05, 3.63) is 0 Å². The molecule has 4 heavy (non-hydrogen) atoms. The molecule has 0 nitrogen and oxygen atoms in total. The summed E-state index contributed by atoms with van der Waals surface area (Å²) in [4.78, 5) is 0. The third kappa shape index (κ3) is 9.65. The van der Waals surface area contributed by atoms with E-state index in [9.17, 15) is 0 Å². The molecule has 19 valence electrons. The smallest absolute Gasteiger partial charge is 0.271 e. The van der Waals surface area contributed by atoms with Crippen molar-refractivity contribution in [1.29, 1.82) is 0 Å². The Hall–Kier alpha value is 1.53. The van der Waals surface area contributed by atoms with Crippen LogP contribution in [0.15, 0.2) is 0 Å². The molecule has 0 unspecified atom stereocenters. The summed E-state index contributed by atoms with van der Waals surface area (Å²) in [6.45, 7) is 0. The molecule has 0 saturated carbocycles. The fourth-order valence-corrected chi connectivity index (χ4v) is 0. The van der Waals surface area contributed by atoms with Crippen molar-refractivity contribution < 1.29 is 2.85 Å². The molecule has 0 aliphatic carbocycles. The van der Waals surface area contributed by atoms with Gasteiger partial charge in [0.05, 0.1) is 0 Å². The molecular weight excluding hydrogens is 74.0 g/mol. The fourth-order valence-electron chi connectivity index (χ4n) is 0. The maximum atomic E-state index is 2.21. The molecule has 0 bridgehead atoms. The predicted molar refractivity (Wildman–Crippen MR) is 25.5 cm³/mol. The second kappa shape index (κ2) is 8.82. The minimum absolute atomic E-state index is 0. The Morgan fingerprint density at radius 1 is 1.50 bits per heavy atom. The van der Waals surface area contributed by atoms with Crippen molar-refractivity contribution in [3.63, 3.8) is 0 Å². The van der Waals surface area contributed by atoms with E-state index >= 15 is 0 Å². The summed E-state index contributed by atoms with van der Waals surface area (Å²) < 4.78 is 0. The van der Waals surface area contributed by atoms with Crippen molar-refractivity contribution >= 4 is 44.8 Å². The average Bonchev–Trinajstić information content (AvgIpc) is 0.918. The van der Waals surface area contributed by atoms with Gasteiger partial charge in [-0.15, -0.1) is 0 Å². The Kier molecular flexibility index (Phi) is 20.1. The largest absolute Gasteiger partial charge is 1.00 e. The van der Waals surface area contributed by atoms with Crippen LogP contribution in [0.4, 0.5) is 0 Å². The first-order chi connectivity index (χ1) is 1.41. The first kappa shape index (κ1) is 9.11. The van der Waals surface area contributed by atoms with Crippen LogP contribution in [-0.4, -0.2) is 44.8 Å². The molecule has 3 radical (unpaired) electrons. The summed E-state index contributed by atoms with van der Waals surface area (Å²) in [5.74, 6) is 4.42. The van der Waals surface area contributed by atoms with Gasteiger partial charge in [-0.2, -0.15) is 0 Å². The van der Waals surface area contributed by atoms with Crippen LogP contribution in [0.5, 0.6) is 0 Å². The minimum Gasteiger partial charge on any atom is -0.271 e. The first-order valence-electron chi connectivity index (χ1n) is 1.15. The van der Waals surface area contributed by atoms with Crippen molar-refractivity contribution in [3.8, 4) is 0 Å². The summed E-state index contributed by atoms with van der Waals surface area (Å²) in [6.07, 6.45) is 0. The van der Waals surface area contributed by atoms with Crippen LogP contribution in [0.25, 0.3) is 0 Å². The van der Waals surface area contributed by atoms with Crippen molar-refractivity contribution in [1.82, 2.24) is 0 Å². The fraction of sp³-hybridized carbons (Fsp3) is 1.00. The molecule has 0 aliphatic rings. The van der Waals surface area contributed by atoms with Gasteiger partial charge in [-0.25, -0.2) is 0 Å². The Labute approximate surface area is 58.9 Å². The Bertz CT molecular complexity index is 11.5. The zero-order valence-electron chi connectivity index (χ0n) is 5.58. The molecule has 0 aliphatic heterocycles. The molecule has 0 N–H and O–H groups in total. The Balaban J connectivity index is -0.00000000667. The van der Waals surface area contributed by atoms with Crippen LogP contribution in [-0.2, 0) is 0 Å². The molecule has 0 aromatic rings. The van der Waals surface area contributed by atoms with E-state index in [4.69, 9.17) is 0 Å². The minimum atomic E-state index is 0. The van der Waals surface area contributed by atoms with Gasteiger partial charge in [-0.1, -0.05) is 0 Å². The van der Waals surface area contributed by atoms with Gasteiger partial charge in [0, 0.05) is 29.6 Å². The molecule has 0 aromatic heterocycles. The topological polar surface area (TPSA) is 0 Å². The van der Waals surface area contributed by atoms with E-state index in [0.717, 1.165) is 15.2 Å². The third-order valence-electron chi connectivity index (χ3n) is 0. The maximum Gasteiger partial charge on any atom is 1.00 e. The average molecular weight is 82.1 g/mol. The summed E-state index contributed by atoms with van der Waals surface area (Å²) >= 11 is 0.750. The molecule has 0 saturated heterocycles. The molecule has 0 heterocycles.